The summed E-state index contributed by atoms with van der Waals surface area (Å²) < 4.78 is 0. The Morgan fingerprint density at radius 1 is 1.08 bits per heavy atom. The van der Waals surface area contributed by atoms with Crippen LogP contribution in [0.15, 0.2) is 60.8 Å². The summed E-state index contributed by atoms with van der Waals surface area (Å²) >= 11 is 0. The van der Waals surface area contributed by atoms with Gasteiger partial charge in [-0.2, -0.15) is 0 Å². The molecule has 1 heterocycles. The Kier molecular flexibility index (Phi) is 5.22. The first-order chi connectivity index (χ1) is 12.5. The highest BCUT2D eigenvalue weighted by atomic mass is 16.4. The van der Waals surface area contributed by atoms with Crippen molar-refractivity contribution in [2.24, 2.45) is 0 Å². The van der Waals surface area contributed by atoms with Gasteiger partial charge in [0.2, 0.25) is 5.91 Å². The highest BCUT2D eigenvalue weighted by Gasteiger charge is 2.24. The maximum atomic E-state index is 12.4. The van der Waals surface area contributed by atoms with E-state index in [4.69, 9.17) is 0 Å². The number of benzene rings is 2. The third-order valence-corrected chi connectivity index (χ3v) is 4.26. The van der Waals surface area contributed by atoms with Crippen molar-refractivity contribution in [2.75, 3.05) is 5.32 Å². The molecule has 0 saturated heterocycles. The standard InChI is InChI=1S/C20H21N3O3/c1-13(22-15-7-3-2-4-8-15)19(24)23-18(20(25)26)11-14-12-21-17-10-6-5-9-16(14)17/h2-10,12-13,18,21-22H,11H2,1H3,(H,23,24)(H,25,26). The molecule has 26 heavy (non-hydrogen) atoms. The molecule has 4 N–H and O–H groups in total. The zero-order valence-electron chi connectivity index (χ0n) is 14.4. The number of carbonyl (C=O) groups is 2. The van der Waals surface area contributed by atoms with E-state index in [0.717, 1.165) is 22.2 Å². The molecule has 0 aliphatic heterocycles. The minimum absolute atomic E-state index is 0.211. The van der Waals surface area contributed by atoms with Crippen LogP contribution in [0.3, 0.4) is 0 Å². The van der Waals surface area contributed by atoms with Crippen molar-refractivity contribution in [1.29, 1.82) is 0 Å². The number of hydrogen-bond donors (Lipinski definition) is 4. The van der Waals surface area contributed by atoms with Gasteiger partial charge in [0.15, 0.2) is 0 Å². The predicted octanol–water partition coefficient (Wildman–Crippen LogP) is 2.78. The highest BCUT2D eigenvalue weighted by Crippen LogP contribution is 2.19. The van der Waals surface area contributed by atoms with E-state index in [1.54, 1.807) is 13.1 Å². The maximum Gasteiger partial charge on any atom is 0.326 e. The average Bonchev–Trinajstić information content (AvgIpc) is 3.05. The third-order valence-electron chi connectivity index (χ3n) is 4.26. The van der Waals surface area contributed by atoms with Crippen LogP contribution < -0.4 is 10.6 Å². The Bertz CT molecular complexity index is 905. The van der Waals surface area contributed by atoms with Gasteiger partial charge in [-0.3, -0.25) is 4.79 Å². The van der Waals surface area contributed by atoms with Crippen LogP contribution >= 0.6 is 0 Å². The van der Waals surface area contributed by atoms with Crippen LogP contribution in [0.1, 0.15) is 12.5 Å². The van der Waals surface area contributed by atoms with Crippen LogP contribution in [0, 0.1) is 0 Å². The number of anilines is 1. The summed E-state index contributed by atoms with van der Waals surface area (Å²) in [5.41, 5.74) is 2.60. The summed E-state index contributed by atoms with van der Waals surface area (Å²) in [7, 11) is 0. The van der Waals surface area contributed by atoms with Crippen LogP contribution in [0.2, 0.25) is 0 Å². The van der Waals surface area contributed by atoms with Gasteiger partial charge in [0.1, 0.15) is 12.1 Å². The second kappa shape index (κ2) is 7.74. The molecule has 1 aromatic heterocycles. The smallest absolute Gasteiger partial charge is 0.326 e. The molecule has 3 aromatic rings. The minimum Gasteiger partial charge on any atom is -0.480 e. The van der Waals surface area contributed by atoms with E-state index in [1.165, 1.54) is 0 Å². The number of H-pyrrole nitrogens is 1. The number of hydrogen-bond acceptors (Lipinski definition) is 3. The summed E-state index contributed by atoms with van der Waals surface area (Å²) in [6.07, 6.45) is 2.00. The Balaban J connectivity index is 1.68. The van der Waals surface area contributed by atoms with Crippen LogP contribution in [0.5, 0.6) is 0 Å². The quantitative estimate of drug-likeness (QED) is 0.526. The van der Waals surface area contributed by atoms with Crippen LogP contribution in [-0.4, -0.2) is 34.1 Å². The van der Waals surface area contributed by atoms with E-state index >= 15 is 0 Å². The molecular formula is C20H21N3O3. The van der Waals surface area contributed by atoms with Gasteiger partial charge in [-0.15, -0.1) is 0 Å². The van der Waals surface area contributed by atoms with Crippen LogP contribution in [0.25, 0.3) is 10.9 Å². The molecule has 0 aliphatic rings. The zero-order valence-corrected chi connectivity index (χ0v) is 14.4. The summed E-state index contributed by atoms with van der Waals surface area (Å²) in [5, 5.41) is 16.2. The lowest BCUT2D eigenvalue weighted by Gasteiger charge is -2.19. The summed E-state index contributed by atoms with van der Waals surface area (Å²) in [6, 6.07) is 15.4. The van der Waals surface area contributed by atoms with E-state index in [9.17, 15) is 14.7 Å². The fourth-order valence-corrected chi connectivity index (χ4v) is 2.87. The number of aromatic amines is 1. The molecular weight excluding hydrogens is 330 g/mol. The summed E-state index contributed by atoms with van der Waals surface area (Å²) in [4.78, 5) is 27.2. The van der Waals surface area contributed by atoms with Crippen molar-refractivity contribution in [1.82, 2.24) is 10.3 Å². The van der Waals surface area contributed by atoms with Crippen molar-refractivity contribution in [3.63, 3.8) is 0 Å². The number of para-hydroxylation sites is 2. The zero-order chi connectivity index (χ0) is 18.5. The largest absolute Gasteiger partial charge is 0.480 e. The van der Waals surface area contributed by atoms with E-state index in [0.29, 0.717) is 0 Å². The molecule has 0 fully saturated rings. The number of carbonyl (C=O) groups excluding carboxylic acids is 1. The molecule has 0 bridgehead atoms. The number of rotatable bonds is 7. The van der Waals surface area contributed by atoms with Gasteiger partial charge in [-0.05, 0) is 30.7 Å². The molecule has 6 nitrogen and oxygen atoms in total. The molecule has 134 valence electrons. The number of nitrogens with one attached hydrogen (secondary N) is 3. The minimum atomic E-state index is -1.06. The van der Waals surface area contributed by atoms with Gasteiger partial charge in [0, 0.05) is 29.2 Å². The molecule has 1 amide bonds. The van der Waals surface area contributed by atoms with Crippen molar-refractivity contribution in [2.45, 2.75) is 25.4 Å². The lowest BCUT2D eigenvalue weighted by Crippen LogP contribution is -2.47. The Morgan fingerprint density at radius 2 is 1.77 bits per heavy atom. The Morgan fingerprint density at radius 3 is 2.50 bits per heavy atom. The molecule has 0 spiro atoms. The number of carboxylic acid groups (broad SMARTS) is 1. The van der Waals surface area contributed by atoms with Gasteiger partial charge in [0.05, 0.1) is 0 Å². The number of amides is 1. The molecule has 2 aromatic carbocycles. The normalized spacial score (nSPS) is 13.1. The molecule has 2 atom stereocenters. The third kappa shape index (κ3) is 4.03. The Labute approximate surface area is 151 Å². The summed E-state index contributed by atoms with van der Waals surface area (Å²) in [6.45, 7) is 1.70. The van der Waals surface area contributed by atoms with Gasteiger partial charge in [-0.25, -0.2) is 4.79 Å². The first kappa shape index (κ1) is 17.5. The predicted molar refractivity (Wildman–Crippen MR) is 101 cm³/mol. The molecule has 2 unspecified atom stereocenters. The fraction of sp³-hybridized carbons (Fsp3) is 0.200. The van der Waals surface area contributed by atoms with Crippen molar-refractivity contribution >= 4 is 28.5 Å². The van der Waals surface area contributed by atoms with Crippen molar-refractivity contribution in [3.8, 4) is 0 Å². The van der Waals surface area contributed by atoms with Crippen molar-refractivity contribution in [3.05, 3.63) is 66.4 Å². The van der Waals surface area contributed by atoms with E-state index in [2.05, 4.69) is 15.6 Å². The first-order valence-corrected chi connectivity index (χ1v) is 8.44. The molecule has 3 rings (SSSR count). The molecule has 0 saturated carbocycles. The van der Waals surface area contributed by atoms with Crippen LogP contribution in [0.4, 0.5) is 5.69 Å². The Hall–Kier alpha value is -3.28. The van der Waals surface area contributed by atoms with Crippen LogP contribution in [-0.2, 0) is 16.0 Å². The number of aliphatic carboxylic acids is 1. The first-order valence-electron chi connectivity index (χ1n) is 8.44. The van der Waals surface area contributed by atoms with Crippen molar-refractivity contribution < 1.29 is 14.7 Å². The number of carboxylic acids is 1. The second-order valence-corrected chi connectivity index (χ2v) is 6.20. The number of fused-ring (bicyclic) bond motifs is 1. The van der Waals surface area contributed by atoms with E-state index < -0.39 is 18.1 Å². The number of aromatic nitrogens is 1. The lowest BCUT2D eigenvalue weighted by molar-refractivity contribution is -0.141. The van der Waals surface area contributed by atoms with Gasteiger partial charge < -0.3 is 20.7 Å². The van der Waals surface area contributed by atoms with E-state index in [-0.39, 0.29) is 12.3 Å². The van der Waals surface area contributed by atoms with Gasteiger partial charge in [-0.1, -0.05) is 36.4 Å². The molecule has 0 radical (unpaired) electrons. The molecule has 6 heteroatoms. The maximum absolute atomic E-state index is 12.4. The highest BCUT2D eigenvalue weighted by molar-refractivity contribution is 5.89. The lowest BCUT2D eigenvalue weighted by atomic mass is 10.0. The second-order valence-electron chi connectivity index (χ2n) is 6.20. The fourth-order valence-electron chi connectivity index (χ4n) is 2.87. The molecule has 0 aliphatic carbocycles. The topological polar surface area (TPSA) is 94.2 Å². The summed E-state index contributed by atoms with van der Waals surface area (Å²) in [5.74, 6) is -1.42. The van der Waals surface area contributed by atoms with Gasteiger partial charge in [0.25, 0.3) is 0 Å². The van der Waals surface area contributed by atoms with Gasteiger partial charge >= 0.3 is 5.97 Å². The van der Waals surface area contributed by atoms with E-state index in [1.807, 2.05) is 54.6 Å². The SMILES string of the molecule is CC(Nc1ccccc1)C(=O)NC(Cc1c[nH]c2ccccc12)C(=O)O. The monoisotopic (exact) mass is 351 g/mol. The average molecular weight is 351 g/mol.